The molecule has 25 heavy (non-hydrogen) atoms. The number of carbonyl (C=O) groups is 3. The van der Waals surface area contributed by atoms with Gasteiger partial charge in [0.25, 0.3) is 5.91 Å². The number of carbonyl (C=O) groups excluding carboxylic acids is 3. The van der Waals surface area contributed by atoms with Gasteiger partial charge in [-0.05, 0) is 31.5 Å². The molecule has 0 unspecified atom stereocenters. The Kier molecular flexibility index (Phi) is 5.87. The van der Waals surface area contributed by atoms with Gasteiger partial charge < -0.3 is 14.8 Å². The van der Waals surface area contributed by atoms with Crippen molar-refractivity contribution in [3.8, 4) is 0 Å². The first-order valence-corrected chi connectivity index (χ1v) is 8.17. The van der Waals surface area contributed by atoms with Crippen LogP contribution in [0, 0.1) is 12.7 Å². The quantitative estimate of drug-likeness (QED) is 0.821. The zero-order valence-electron chi connectivity index (χ0n) is 13.8. The number of halogens is 1. The van der Waals surface area contributed by atoms with E-state index in [1.54, 1.807) is 13.8 Å². The molecule has 0 aliphatic heterocycles. The number of hydrogen-bond acceptors (Lipinski definition) is 6. The van der Waals surface area contributed by atoms with Crippen molar-refractivity contribution in [3.05, 3.63) is 51.7 Å². The molecule has 0 saturated heterocycles. The number of thiophene rings is 1. The summed E-state index contributed by atoms with van der Waals surface area (Å²) in [6, 6.07) is 5.45. The van der Waals surface area contributed by atoms with Crippen LogP contribution in [0.3, 0.4) is 0 Å². The Morgan fingerprint density at radius 3 is 2.48 bits per heavy atom. The second-order valence-electron chi connectivity index (χ2n) is 4.91. The minimum absolute atomic E-state index is 0.0527. The largest absolute Gasteiger partial charge is 0.465 e. The molecule has 0 spiro atoms. The molecule has 1 aromatic carbocycles. The van der Waals surface area contributed by atoms with Gasteiger partial charge in [0.05, 0.1) is 24.8 Å². The molecule has 0 radical (unpaired) electrons. The van der Waals surface area contributed by atoms with Crippen LogP contribution in [0.5, 0.6) is 0 Å². The van der Waals surface area contributed by atoms with E-state index < -0.39 is 23.7 Å². The van der Waals surface area contributed by atoms with Gasteiger partial charge in [0.2, 0.25) is 0 Å². The number of amides is 1. The molecule has 2 aromatic rings. The van der Waals surface area contributed by atoms with Gasteiger partial charge in [0.15, 0.2) is 0 Å². The summed E-state index contributed by atoms with van der Waals surface area (Å²) in [4.78, 5) is 36.5. The lowest BCUT2D eigenvalue weighted by Gasteiger charge is -2.07. The Balaban J connectivity index is 2.45. The van der Waals surface area contributed by atoms with Crippen LogP contribution >= 0.6 is 11.3 Å². The normalized spacial score (nSPS) is 10.2. The van der Waals surface area contributed by atoms with E-state index in [1.807, 2.05) is 0 Å². The highest BCUT2D eigenvalue weighted by Gasteiger charge is 2.27. The molecule has 6 nitrogen and oxygen atoms in total. The molecule has 0 aliphatic carbocycles. The summed E-state index contributed by atoms with van der Waals surface area (Å²) in [7, 11) is 1.21. The molecule has 0 atom stereocenters. The van der Waals surface area contributed by atoms with Crippen LogP contribution in [0.4, 0.5) is 9.39 Å². The third-order valence-corrected chi connectivity index (χ3v) is 4.53. The van der Waals surface area contributed by atoms with Crippen molar-refractivity contribution in [1.29, 1.82) is 0 Å². The van der Waals surface area contributed by atoms with Crippen molar-refractivity contribution < 1.29 is 28.2 Å². The number of nitrogens with one attached hydrogen (secondary N) is 1. The molecule has 0 fully saturated rings. The number of methoxy groups -OCH3 is 1. The summed E-state index contributed by atoms with van der Waals surface area (Å²) in [6.07, 6.45) is 0. The molecule has 132 valence electrons. The Morgan fingerprint density at radius 1 is 1.20 bits per heavy atom. The van der Waals surface area contributed by atoms with Gasteiger partial charge in [-0.3, -0.25) is 4.79 Å². The molecule has 0 saturated carbocycles. The zero-order chi connectivity index (χ0) is 18.6. The lowest BCUT2D eigenvalue weighted by atomic mass is 10.1. The minimum Gasteiger partial charge on any atom is -0.465 e. The number of esters is 2. The number of rotatable bonds is 5. The Labute approximate surface area is 147 Å². The maximum atomic E-state index is 13.8. The van der Waals surface area contributed by atoms with Crippen molar-refractivity contribution in [1.82, 2.24) is 0 Å². The lowest BCUT2D eigenvalue weighted by Crippen LogP contribution is -2.16. The highest BCUT2D eigenvalue weighted by Crippen LogP contribution is 2.34. The fourth-order valence-electron chi connectivity index (χ4n) is 2.15. The zero-order valence-corrected chi connectivity index (χ0v) is 14.7. The van der Waals surface area contributed by atoms with Crippen LogP contribution in [0.25, 0.3) is 0 Å². The standard InChI is InChI=1S/C17H16FNO5S/c1-4-24-16(21)12-9(2)13(17(22)23-3)25-15(12)19-14(20)10-7-5-6-8-11(10)18/h5-8H,4H2,1-3H3,(H,19,20). The average Bonchev–Trinajstić information content (AvgIpc) is 2.90. The summed E-state index contributed by atoms with van der Waals surface area (Å²) >= 11 is 0.872. The molecule has 1 N–H and O–H groups in total. The monoisotopic (exact) mass is 365 g/mol. The highest BCUT2D eigenvalue weighted by atomic mass is 32.1. The van der Waals surface area contributed by atoms with Crippen LogP contribution in [-0.4, -0.2) is 31.6 Å². The molecule has 2 rings (SSSR count). The molecular weight excluding hydrogens is 349 g/mol. The molecule has 1 heterocycles. The van der Waals surface area contributed by atoms with E-state index >= 15 is 0 Å². The Morgan fingerprint density at radius 2 is 1.88 bits per heavy atom. The van der Waals surface area contributed by atoms with E-state index in [9.17, 15) is 18.8 Å². The second kappa shape index (κ2) is 7.89. The fraction of sp³-hybridized carbons (Fsp3) is 0.235. The van der Waals surface area contributed by atoms with Crippen molar-refractivity contribution in [2.24, 2.45) is 0 Å². The Bertz CT molecular complexity index is 830. The third kappa shape index (κ3) is 3.85. The van der Waals surface area contributed by atoms with Crippen molar-refractivity contribution >= 4 is 34.2 Å². The number of benzene rings is 1. The molecule has 1 aromatic heterocycles. The Hall–Kier alpha value is -2.74. The maximum absolute atomic E-state index is 13.8. The van der Waals surface area contributed by atoms with Gasteiger partial charge in [-0.2, -0.15) is 0 Å². The molecule has 0 aliphatic rings. The number of ether oxygens (including phenoxy) is 2. The predicted molar refractivity (Wildman–Crippen MR) is 90.7 cm³/mol. The van der Waals surface area contributed by atoms with Gasteiger partial charge in [-0.1, -0.05) is 12.1 Å². The summed E-state index contributed by atoms with van der Waals surface area (Å²) < 4.78 is 23.4. The SMILES string of the molecule is CCOC(=O)c1c(NC(=O)c2ccccc2F)sc(C(=O)OC)c1C. The van der Waals surface area contributed by atoms with E-state index in [1.165, 1.54) is 25.3 Å². The second-order valence-corrected chi connectivity index (χ2v) is 5.93. The van der Waals surface area contributed by atoms with E-state index in [4.69, 9.17) is 4.74 Å². The van der Waals surface area contributed by atoms with E-state index in [0.29, 0.717) is 5.56 Å². The fourth-order valence-corrected chi connectivity index (χ4v) is 3.26. The summed E-state index contributed by atoms with van der Waals surface area (Å²) in [5.74, 6) is -2.75. The highest BCUT2D eigenvalue weighted by molar-refractivity contribution is 7.18. The third-order valence-electron chi connectivity index (χ3n) is 3.34. The molecular formula is C17H16FNO5S. The van der Waals surface area contributed by atoms with Crippen LogP contribution in [-0.2, 0) is 9.47 Å². The van der Waals surface area contributed by atoms with E-state index in [2.05, 4.69) is 10.1 Å². The predicted octanol–water partition coefficient (Wildman–Crippen LogP) is 3.41. The van der Waals surface area contributed by atoms with E-state index in [0.717, 1.165) is 17.4 Å². The first kappa shape index (κ1) is 18.6. The van der Waals surface area contributed by atoms with Crippen molar-refractivity contribution in [2.45, 2.75) is 13.8 Å². The van der Waals surface area contributed by atoms with Crippen LogP contribution in [0.15, 0.2) is 24.3 Å². The number of hydrogen-bond donors (Lipinski definition) is 1. The van der Waals surface area contributed by atoms with Gasteiger partial charge >= 0.3 is 11.9 Å². The van der Waals surface area contributed by atoms with Crippen molar-refractivity contribution in [3.63, 3.8) is 0 Å². The van der Waals surface area contributed by atoms with Gasteiger partial charge in [-0.25, -0.2) is 14.0 Å². The smallest absolute Gasteiger partial charge is 0.348 e. The summed E-state index contributed by atoms with van der Waals surface area (Å²) in [5.41, 5.74) is 0.207. The molecule has 0 bridgehead atoms. The van der Waals surface area contributed by atoms with Gasteiger partial charge in [-0.15, -0.1) is 11.3 Å². The van der Waals surface area contributed by atoms with Gasteiger partial charge in [0, 0.05) is 0 Å². The average molecular weight is 365 g/mol. The first-order chi connectivity index (χ1) is 11.9. The molecule has 8 heteroatoms. The van der Waals surface area contributed by atoms with Crippen molar-refractivity contribution in [2.75, 3.05) is 19.0 Å². The first-order valence-electron chi connectivity index (χ1n) is 7.35. The maximum Gasteiger partial charge on any atom is 0.348 e. The molecule has 1 amide bonds. The van der Waals surface area contributed by atoms with Crippen LogP contribution < -0.4 is 5.32 Å². The lowest BCUT2D eigenvalue weighted by molar-refractivity contribution is 0.0527. The van der Waals surface area contributed by atoms with Crippen LogP contribution in [0.1, 0.15) is 42.9 Å². The summed E-state index contributed by atoms with van der Waals surface area (Å²) in [5, 5.41) is 2.58. The van der Waals surface area contributed by atoms with Crippen LogP contribution in [0.2, 0.25) is 0 Å². The number of anilines is 1. The van der Waals surface area contributed by atoms with E-state index in [-0.39, 0.29) is 27.6 Å². The topological polar surface area (TPSA) is 81.7 Å². The summed E-state index contributed by atoms with van der Waals surface area (Å²) in [6.45, 7) is 3.31. The van der Waals surface area contributed by atoms with Gasteiger partial charge in [0.1, 0.15) is 15.7 Å². The minimum atomic E-state index is -0.735.